The van der Waals surface area contributed by atoms with Crippen molar-refractivity contribution in [2.24, 2.45) is 0 Å². The van der Waals surface area contributed by atoms with Gasteiger partial charge >= 0.3 is 6.18 Å². The van der Waals surface area contributed by atoms with E-state index in [-0.39, 0.29) is 0 Å². The second-order valence-corrected chi connectivity index (χ2v) is 4.32. The van der Waals surface area contributed by atoms with E-state index in [1.165, 1.54) is 18.5 Å². The first-order valence-corrected chi connectivity index (χ1v) is 5.93. The number of aromatic nitrogens is 2. The molecule has 0 bridgehead atoms. The van der Waals surface area contributed by atoms with E-state index < -0.39 is 17.8 Å². The highest BCUT2D eigenvalue weighted by Gasteiger charge is 2.32. The second kappa shape index (κ2) is 4.66. The summed E-state index contributed by atoms with van der Waals surface area (Å²) in [4.78, 5) is 8.02. The molecule has 0 saturated heterocycles. The van der Waals surface area contributed by atoms with Crippen molar-refractivity contribution in [3.8, 4) is 5.88 Å². The number of hydrogen-bond acceptors (Lipinski definition) is 4. The average molecular weight is 281 g/mol. The maximum absolute atomic E-state index is 12.7. The van der Waals surface area contributed by atoms with Crippen LogP contribution < -0.4 is 10.1 Å². The van der Waals surface area contributed by atoms with Crippen LogP contribution >= 0.6 is 0 Å². The zero-order chi connectivity index (χ0) is 14.2. The molecule has 1 atom stereocenters. The summed E-state index contributed by atoms with van der Waals surface area (Å²) in [6, 6.07) is 5.10. The normalized spacial score (nSPS) is 17.9. The Bertz CT molecular complexity index is 630. The highest BCUT2D eigenvalue weighted by atomic mass is 19.4. The van der Waals surface area contributed by atoms with E-state index in [1.807, 2.05) is 0 Å². The number of fused-ring (bicyclic) bond motifs is 1. The molecular formula is C13H10F3N3O. The van der Waals surface area contributed by atoms with E-state index in [0.717, 1.165) is 12.1 Å². The van der Waals surface area contributed by atoms with Crippen LogP contribution in [0.1, 0.15) is 17.2 Å². The molecule has 1 aromatic carbocycles. The Hall–Kier alpha value is -2.31. The molecule has 2 aromatic rings. The molecule has 2 heterocycles. The molecule has 1 aliphatic rings. The summed E-state index contributed by atoms with van der Waals surface area (Å²) in [5, 5.41) is 2.99. The number of alkyl halides is 3. The van der Waals surface area contributed by atoms with Crippen molar-refractivity contribution in [1.82, 2.24) is 9.97 Å². The van der Waals surface area contributed by atoms with Gasteiger partial charge in [-0.2, -0.15) is 13.2 Å². The van der Waals surface area contributed by atoms with Crippen molar-refractivity contribution in [3.05, 3.63) is 47.8 Å². The predicted molar refractivity (Wildman–Crippen MR) is 65.3 cm³/mol. The van der Waals surface area contributed by atoms with Crippen LogP contribution in [0.3, 0.4) is 0 Å². The van der Waals surface area contributed by atoms with Crippen molar-refractivity contribution >= 4 is 5.82 Å². The fraction of sp³-hybridized carbons (Fsp3) is 0.231. The van der Waals surface area contributed by atoms with Crippen LogP contribution in [0.25, 0.3) is 0 Å². The molecule has 0 amide bonds. The lowest BCUT2D eigenvalue weighted by Crippen LogP contribution is -2.25. The molecule has 0 radical (unpaired) electrons. The number of nitrogens with zero attached hydrogens (tertiary/aromatic N) is 2. The van der Waals surface area contributed by atoms with Crippen LogP contribution in [-0.2, 0) is 6.18 Å². The van der Waals surface area contributed by atoms with Crippen molar-refractivity contribution in [3.63, 3.8) is 0 Å². The Labute approximate surface area is 112 Å². The van der Waals surface area contributed by atoms with Crippen LogP contribution in [0.2, 0.25) is 0 Å². The van der Waals surface area contributed by atoms with Crippen LogP contribution in [0.15, 0.2) is 36.7 Å². The summed E-state index contributed by atoms with van der Waals surface area (Å²) in [5.41, 5.74) is -0.243. The summed E-state index contributed by atoms with van der Waals surface area (Å²) in [6.45, 7) is 0.340. The second-order valence-electron chi connectivity index (χ2n) is 4.32. The van der Waals surface area contributed by atoms with E-state index in [4.69, 9.17) is 4.74 Å². The van der Waals surface area contributed by atoms with Gasteiger partial charge in [0.2, 0.25) is 0 Å². The Morgan fingerprint density at radius 2 is 2.00 bits per heavy atom. The first-order valence-electron chi connectivity index (χ1n) is 5.93. The van der Waals surface area contributed by atoms with Crippen LogP contribution in [0.4, 0.5) is 19.0 Å². The monoisotopic (exact) mass is 281 g/mol. The van der Waals surface area contributed by atoms with Gasteiger partial charge in [-0.3, -0.25) is 0 Å². The first kappa shape index (κ1) is 12.7. The van der Waals surface area contributed by atoms with Crippen LogP contribution in [0, 0.1) is 0 Å². The quantitative estimate of drug-likeness (QED) is 0.872. The first-order chi connectivity index (χ1) is 9.54. The molecule has 104 valence electrons. The molecule has 1 aromatic heterocycles. The van der Waals surface area contributed by atoms with Gasteiger partial charge in [0.05, 0.1) is 12.1 Å². The van der Waals surface area contributed by atoms with E-state index in [9.17, 15) is 13.2 Å². The average Bonchev–Trinajstić information content (AvgIpc) is 2.46. The highest BCUT2D eigenvalue weighted by molar-refractivity contribution is 5.47. The van der Waals surface area contributed by atoms with Gasteiger partial charge in [-0.1, -0.05) is 12.1 Å². The summed E-state index contributed by atoms with van der Waals surface area (Å²) in [5.74, 6) is 0.789. The molecule has 4 nitrogen and oxygen atoms in total. The minimum atomic E-state index is -4.37. The standard InChI is InChI=1S/C13H10F3N3O/c14-13(15,16)9-3-1-2-8(6-9)10-7-19-11-12(20-10)18-5-4-17-11/h1-6,10H,7H2,(H,17,19). The number of nitrogens with one attached hydrogen (secondary N) is 1. The Kier molecular flexibility index (Phi) is 2.96. The molecule has 0 aliphatic carbocycles. The molecule has 1 aliphatic heterocycles. The number of hydrogen-bond donors (Lipinski definition) is 1. The molecule has 7 heteroatoms. The third-order valence-corrected chi connectivity index (χ3v) is 2.96. The lowest BCUT2D eigenvalue weighted by molar-refractivity contribution is -0.137. The highest BCUT2D eigenvalue weighted by Crippen LogP contribution is 2.34. The molecule has 1 unspecified atom stereocenters. The number of rotatable bonds is 1. The summed E-state index contributed by atoms with van der Waals surface area (Å²) in [6.07, 6.45) is -1.91. The molecule has 0 saturated carbocycles. The molecule has 0 fully saturated rings. The van der Waals surface area contributed by atoms with Gasteiger partial charge in [-0.05, 0) is 17.7 Å². The van der Waals surface area contributed by atoms with Crippen LogP contribution in [0.5, 0.6) is 5.88 Å². The Balaban J connectivity index is 1.88. The Morgan fingerprint density at radius 1 is 1.20 bits per heavy atom. The molecule has 0 spiro atoms. The smallest absolute Gasteiger partial charge is 0.416 e. The number of halogens is 3. The summed E-state index contributed by atoms with van der Waals surface area (Å²) < 4.78 is 43.7. The zero-order valence-electron chi connectivity index (χ0n) is 10.2. The van der Waals surface area contributed by atoms with Crippen molar-refractivity contribution in [1.29, 1.82) is 0 Å². The van der Waals surface area contributed by atoms with Gasteiger partial charge in [-0.15, -0.1) is 0 Å². The molecule has 3 rings (SSSR count). The van der Waals surface area contributed by atoms with Gasteiger partial charge in [0, 0.05) is 12.4 Å². The molecule has 1 N–H and O–H groups in total. The number of ether oxygens (including phenoxy) is 1. The van der Waals surface area contributed by atoms with E-state index in [2.05, 4.69) is 15.3 Å². The lowest BCUT2D eigenvalue weighted by atomic mass is 10.0. The van der Waals surface area contributed by atoms with Crippen LogP contribution in [-0.4, -0.2) is 16.5 Å². The molecule has 20 heavy (non-hydrogen) atoms. The SMILES string of the molecule is FC(F)(F)c1cccc(C2CNc3nccnc3O2)c1. The van der Waals surface area contributed by atoms with Gasteiger partial charge < -0.3 is 10.1 Å². The minimum Gasteiger partial charge on any atom is -0.465 e. The van der Waals surface area contributed by atoms with Gasteiger partial charge in [-0.25, -0.2) is 9.97 Å². The largest absolute Gasteiger partial charge is 0.465 e. The maximum Gasteiger partial charge on any atom is 0.416 e. The fourth-order valence-electron chi connectivity index (χ4n) is 2.00. The van der Waals surface area contributed by atoms with Gasteiger partial charge in [0.1, 0.15) is 6.10 Å². The predicted octanol–water partition coefficient (Wildman–Crippen LogP) is 3.04. The van der Waals surface area contributed by atoms with Crippen molar-refractivity contribution in [2.75, 3.05) is 11.9 Å². The van der Waals surface area contributed by atoms with E-state index >= 15 is 0 Å². The van der Waals surface area contributed by atoms with Gasteiger partial charge in [0.25, 0.3) is 5.88 Å². The van der Waals surface area contributed by atoms with Crippen molar-refractivity contribution < 1.29 is 17.9 Å². The minimum absolute atomic E-state index is 0.293. The Morgan fingerprint density at radius 3 is 2.80 bits per heavy atom. The van der Waals surface area contributed by atoms with E-state index in [0.29, 0.717) is 23.8 Å². The number of benzene rings is 1. The third kappa shape index (κ3) is 2.38. The topological polar surface area (TPSA) is 47.0 Å². The third-order valence-electron chi connectivity index (χ3n) is 2.96. The zero-order valence-corrected chi connectivity index (χ0v) is 10.2. The van der Waals surface area contributed by atoms with Crippen molar-refractivity contribution in [2.45, 2.75) is 12.3 Å². The number of anilines is 1. The van der Waals surface area contributed by atoms with Gasteiger partial charge in [0.15, 0.2) is 5.82 Å². The molecular weight excluding hydrogens is 271 g/mol. The summed E-state index contributed by atoms with van der Waals surface area (Å²) in [7, 11) is 0. The van der Waals surface area contributed by atoms with E-state index in [1.54, 1.807) is 6.07 Å². The summed E-state index contributed by atoms with van der Waals surface area (Å²) >= 11 is 0. The maximum atomic E-state index is 12.7. The lowest BCUT2D eigenvalue weighted by Gasteiger charge is -2.26. The fourth-order valence-corrected chi connectivity index (χ4v) is 2.00.